The number of benzene rings is 1. The maximum atomic E-state index is 5.34. The van der Waals surface area contributed by atoms with Crippen LogP contribution < -0.4 is 15.0 Å². The molecule has 0 bridgehead atoms. The summed E-state index contributed by atoms with van der Waals surface area (Å²) in [7, 11) is 3.49. The monoisotopic (exact) mass is 523 g/mol. The van der Waals surface area contributed by atoms with E-state index < -0.39 is 0 Å². The van der Waals surface area contributed by atoms with Gasteiger partial charge in [0.15, 0.2) is 11.7 Å². The van der Waals surface area contributed by atoms with Gasteiger partial charge >= 0.3 is 0 Å². The molecule has 10 heteroatoms. The van der Waals surface area contributed by atoms with Crippen LogP contribution in [0.25, 0.3) is 11.6 Å². The van der Waals surface area contributed by atoms with Gasteiger partial charge in [-0.05, 0) is 24.3 Å². The predicted octanol–water partition coefficient (Wildman–Crippen LogP) is 2.59. The number of furan rings is 1. The first-order valence-electron chi connectivity index (χ1n) is 9.56. The van der Waals surface area contributed by atoms with E-state index in [0.29, 0.717) is 18.1 Å². The molecule has 1 aliphatic heterocycles. The Hall–Kier alpha value is -2.76. The molecule has 0 unspecified atom stereocenters. The predicted molar refractivity (Wildman–Crippen MR) is 126 cm³/mol. The SMILES string of the molecule is CN=C(NCc1nc(-c2ccco2)n[nH]1)N1CCN(c2cccc(OC)c2)CC1.I. The molecule has 0 saturated carbocycles. The largest absolute Gasteiger partial charge is 0.497 e. The number of guanidine groups is 1. The van der Waals surface area contributed by atoms with Crippen molar-refractivity contribution in [3.8, 4) is 17.3 Å². The third kappa shape index (κ3) is 5.04. The second-order valence-electron chi connectivity index (χ2n) is 6.66. The van der Waals surface area contributed by atoms with Gasteiger partial charge in [-0.15, -0.1) is 29.1 Å². The number of hydrogen-bond donors (Lipinski definition) is 2. The first kappa shape index (κ1) is 21.9. The number of aromatic amines is 1. The topological polar surface area (TPSA) is 94.8 Å². The Labute approximate surface area is 192 Å². The molecule has 2 N–H and O–H groups in total. The van der Waals surface area contributed by atoms with Crippen LogP contribution in [0, 0.1) is 0 Å². The fraction of sp³-hybridized carbons (Fsp3) is 0.350. The number of methoxy groups -OCH3 is 1. The fourth-order valence-corrected chi connectivity index (χ4v) is 3.37. The zero-order valence-corrected chi connectivity index (χ0v) is 19.4. The maximum Gasteiger partial charge on any atom is 0.216 e. The van der Waals surface area contributed by atoms with Gasteiger partial charge in [-0.25, -0.2) is 4.98 Å². The maximum absolute atomic E-state index is 5.34. The second kappa shape index (κ2) is 10.3. The molecule has 0 amide bonds. The van der Waals surface area contributed by atoms with Crippen molar-refractivity contribution in [3.63, 3.8) is 0 Å². The van der Waals surface area contributed by atoms with E-state index in [-0.39, 0.29) is 24.0 Å². The first-order chi connectivity index (χ1) is 14.3. The summed E-state index contributed by atoms with van der Waals surface area (Å²) in [4.78, 5) is 13.5. The highest BCUT2D eigenvalue weighted by Gasteiger charge is 2.20. The molecular formula is C20H26IN7O2. The quantitative estimate of drug-likeness (QED) is 0.302. The van der Waals surface area contributed by atoms with Gasteiger partial charge in [0.2, 0.25) is 5.82 Å². The van der Waals surface area contributed by atoms with Crippen molar-refractivity contribution in [3.05, 3.63) is 48.5 Å². The van der Waals surface area contributed by atoms with Crippen molar-refractivity contribution in [2.75, 3.05) is 45.2 Å². The number of anilines is 1. The highest BCUT2D eigenvalue weighted by Crippen LogP contribution is 2.22. The lowest BCUT2D eigenvalue weighted by atomic mass is 10.2. The summed E-state index contributed by atoms with van der Waals surface area (Å²) in [5.74, 6) is 3.65. The van der Waals surface area contributed by atoms with Crippen molar-refractivity contribution >= 4 is 35.6 Å². The average molecular weight is 523 g/mol. The van der Waals surface area contributed by atoms with Crippen LogP contribution in [-0.4, -0.2) is 66.4 Å². The van der Waals surface area contributed by atoms with Crippen molar-refractivity contribution in [1.82, 2.24) is 25.4 Å². The fourth-order valence-electron chi connectivity index (χ4n) is 3.37. The number of piperazine rings is 1. The molecule has 0 spiro atoms. The van der Waals surface area contributed by atoms with E-state index in [1.165, 1.54) is 5.69 Å². The van der Waals surface area contributed by atoms with Crippen LogP contribution in [0.2, 0.25) is 0 Å². The molecular weight excluding hydrogens is 497 g/mol. The Morgan fingerprint density at radius 2 is 2.07 bits per heavy atom. The molecule has 0 aliphatic carbocycles. The second-order valence-corrected chi connectivity index (χ2v) is 6.66. The van der Waals surface area contributed by atoms with E-state index in [0.717, 1.165) is 43.7 Å². The van der Waals surface area contributed by atoms with E-state index in [1.54, 1.807) is 20.4 Å². The summed E-state index contributed by atoms with van der Waals surface area (Å²) < 4.78 is 10.7. The smallest absolute Gasteiger partial charge is 0.216 e. The summed E-state index contributed by atoms with van der Waals surface area (Å²) in [6, 6.07) is 11.8. The number of nitrogens with zero attached hydrogens (tertiary/aromatic N) is 5. The van der Waals surface area contributed by atoms with E-state index in [9.17, 15) is 0 Å². The van der Waals surface area contributed by atoms with Crippen LogP contribution in [0.5, 0.6) is 5.75 Å². The summed E-state index contributed by atoms with van der Waals surface area (Å²) >= 11 is 0. The Balaban J connectivity index is 0.00000256. The Morgan fingerprint density at radius 3 is 2.77 bits per heavy atom. The van der Waals surface area contributed by atoms with Crippen LogP contribution in [0.15, 0.2) is 52.1 Å². The van der Waals surface area contributed by atoms with Crippen LogP contribution in [-0.2, 0) is 6.54 Å². The summed E-state index contributed by atoms with van der Waals surface area (Å²) in [5, 5.41) is 10.5. The summed E-state index contributed by atoms with van der Waals surface area (Å²) in [6.07, 6.45) is 1.61. The highest BCUT2D eigenvalue weighted by molar-refractivity contribution is 14.0. The lowest BCUT2D eigenvalue weighted by Gasteiger charge is -2.37. The van der Waals surface area contributed by atoms with Gasteiger partial charge in [0.25, 0.3) is 0 Å². The third-order valence-electron chi connectivity index (χ3n) is 4.90. The van der Waals surface area contributed by atoms with Gasteiger partial charge in [0.05, 0.1) is 19.9 Å². The van der Waals surface area contributed by atoms with E-state index in [2.05, 4.69) is 47.4 Å². The number of aromatic nitrogens is 3. The number of nitrogens with one attached hydrogen (secondary N) is 2. The minimum absolute atomic E-state index is 0. The number of halogens is 1. The van der Waals surface area contributed by atoms with Crippen molar-refractivity contribution in [2.24, 2.45) is 4.99 Å². The highest BCUT2D eigenvalue weighted by atomic mass is 127. The molecule has 30 heavy (non-hydrogen) atoms. The lowest BCUT2D eigenvalue weighted by Crippen LogP contribution is -2.52. The Bertz CT molecular complexity index is 950. The van der Waals surface area contributed by atoms with Crippen LogP contribution >= 0.6 is 24.0 Å². The van der Waals surface area contributed by atoms with Gasteiger partial charge in [-0.3, -0.25) is 10.1 Å². The van der Waals surface area contributed by atoms with E-state index in [1.807, 2.05) is 24.3 Å². The molecule has 0 radical (unpaired) electrons. The standard InChI is InChI=1S/C20H25N7O2.HI/c1-21-20(22-14-18-23-19(25-24-18)17-7-4-12-29-17)27-10-8-26(9-11-27)15-5-3-6-16(13-15)28-2;/h3-7,12-13H,8-11,14H2,1-2H3,(H,21,22)(H,23,24,25);1H. The summed E-state index contributed by atoms with van der Waals surface area (Å²) in [6.45, 7) is 4.10. The molecule has 3 heterocycles. The first-order valence-corrected chi connectivity index (χ1v) is 9.56. The third-order valence-corrected chi connectivity index (χ3v) is 4.90. The Morgan fingerprint density at radius 1 is 1.23 bits per heavy atom. The number of aliphatic imine (C=N–C) groups is 1. The molecule has 9 nitrogen and oxygen atoms in total. The minimum atomic E-state index is 0. The van der Waals surface area contributed by atoms with Crippen molar-refractivity contribution < 1.29 is 9.15 Å². The van der Waals surface area contributed by atoms with Crippen LogP contribution in [0.1, 0.15) is 5.82 Å². The number of rotatable bonds is 5. The molecule has 1 saturated heterocycles. The molecule has 3 aromatic rings. The molecule has 4 rings (SSSR count). The number of hydrogen-bond acceptors (Lipinski definition) is 6. The summed E-state index contributed by atoms with van der Waals surface area (Å²) in [5.41, 5.74) is 1.18. The number of ether oxygens (including phenoxy) is 1. The molecule has 1 aliphatic rings. The van der Waals surface area contributed by atoms with Crippen molar-refractivity contribution in [2.45, 2.75) is 6.54 Å². The van der Waals surface area contributed by atoms with Crippen molar-refractivity contribution in [1.29, 1.82) is 0 Å². The molecule has 1 fully saturated rings. The van der Waals surface area contributed by atoms with Gasteiger partial charge < -0.3 is 24.3 Å². The van der Waals surface area contributed by atoms with Crippen LogP contribution in [0.3, 0.4) is 0 Å². The van der Waals surface area contributed by atoms with E-state index >= 15 is 0 Å². The zero-order valence-electron chi connectivity index (χ0n) is 17.0. The van der Waals surface area contributed by atoms with Gasteiger partial charge in [0.1, 0.15) is 11.6 Å². The van der Waals surface area contributed by atoms with Gasteiger partial charge in [0, 0.05) is 45.0 Å². The molecule has 1 aromatic carbocycles. The minimum Gasteiger partial charge on any atom is -0.497 e. The van der Waals surface area contributed by atoms with E-state index in [4.69, 9.17) is 9.15 Å². The lowest BCUT2D eigenvalue weighted by molar-refractivity contribution is 0.371. The average Bonchev–Trinajstić information content (AvgIpc) is 3.47. The number of H-pyrrole nitrogens is 1. The molecule has 0 atom stereocenters. The Kier molecular flexibility index (Phi) is 7.55. The van der Waals surface area contributed by atoms with Gasteiger partial charge in [-0.1, -0.05) is 6.07 Å². The molecule has 160 valence electrons. The molecule has 2 aromatic heterocycles. The zero-order chi connectivity index (χ0) is 20.1. The van der Waals surface area contributed by atoms with Crippen LogP contribution in [0.4, 0.5) is 5.69 Å². The normalized spacial score (nSPS) is 14.4. The van der Waals surface area contributed by atoms with Gasteiger partial charge in [-0.2, -0.15) is 0 Å².